The number of aryl methyl sites for hydroxylation is 1. The SMILES string of the molecule is Cc1cccc(N[C@H](c2ccc3ccccc3c2)P(=O)(O)O)c1. The second kappa shape index (κ2) is 6.17. The second-order valence-electron chi connectivity index (χ2n) is 5.61. The van der Waals surface area contributed by atoms with Gasteiger partial charge in [-0.3, -0.25) is 4.57 Å². The van der Waals surface area contributed by atoms with Gasteiger partial charge in [-0.1, -0.05) is 48.5 Å². The number of rotatable bonds is 4. The summed E-state index contributed by atoms with van der Waals surface area (Å²) in [5, 5.41) is 4.97. The van der Waals surface area contributed by atoms with Gasteiger partial charge >= 0.3 is 7.60 Å². The van der Waals surface area contributed by atoms with Crippen molar-refractivity contribution < 1.29 is 14.4 Å². The Morgan fingerprint density at radius 2 is 1.65 bits per heavy atom. The van der Waals surface area contributed by atoms with Gasteiger partial charge in [0.15, 0.2) is 5.78 Å². The van der Waals surface area contributed by atoms with Gasteiger partial charge in [0.25, 0.3) is 0 Å². The highest BCUT2D eigenvalue weighted by atomic mass is 31.2. The largest absolute Gasteiger partial charge is 0.368 e. The van der Waals surface area contributed by atoms with E-state index in [1.165, 1.54) is 0 Å². The molecule has 0 aliphatic carbocycles. The van der Waals surface area contributed by atoms with Gasteiger partial charge in [0.1, 0.15) is 0 Å². The molecule has 4 nitrogen and oxygen atoms in total. The topological polar surface area (TPSA) is 69.6 Å². The Morgan fingerprint density at radius 3 is 2.35 bits per heavy atom. The van der Waals surface area contributed by atoms with Gasteiger partial charge in [0, 0.05) is 5.69 Å². The first-order valence-electron chi connectivity index (χ1n) is 7.30. The van der Waals surface area contributed by atoms with E-state index in [-0.39, 0.29) is 0 Å². The molecule has 23 heavy (non-hydrogen) atoms. The molecule has 3 rings (SSSR count). The molecule has 1 atom stereocenters. The fraction of sp³-hybridized carbons (Fsp3) is 0.111. The molecular weight excluding hydrogens is 309 g/mol. The average molecular weight is 327 g/mol. The molecule has 0 aliphatic heterocycles. The Morgan fingerprint density at radius 1 is 0.913 bits per heavy atom. The fourth-order valence-electron chi connectivity index (χ4n) is 2.63. The highest BCUT2D eigenvalue weighted by Crippen LogP contribution is 2.52. The van der Waals surface area contributed by atoms with Crippen molar-refractivity contribution in [2.24, 2.45) is 0 Å². The van der Waals surface area contributed by atoms with Gasteiger partial charge in [-0.05, 0) is 47.0 Å². The van der Waals surface area contributed by atoms with Gasteiger partial charge < -0.3 is 15.1 Å². The number of hydrogen-bond donors (Lipinski definition) is 3. The van der Waals surface area contributed by atoms with Crippen LogP contribution in [0, 0.1) is 6.92 Å². The van der Waals surface area contributed by atoms with E-state index >= 15 is 0 Å². The summed E-state index contributed by atoms with van der Waals surface area (Å²) in [6.45, 7) is 1.94. The van der Waals surface area contributed by atoms with Crippen molar-refractivity contribution in [2.45, 2.75) is 12.7 Å². The first-order valence-corrected chi connectivity index (χ1v) is 8.99. The number of anilines is 1. The predicted octanol–water partition coefficient (Wildman–Crippen LogP) is 4.44. The van der Waals surface area contributed by atoms with E-state index in [0.717, 1.165) is 16.3 Å². The van der Waals surface area contributed by atoms with E-state index in [0.29, 0.717) is 11.3 Å². The van der Waals surface area contributed by atoms with Crippen LogP contribution in [-0.2, 0) is 4.57 Å². The van der Waals surface area contributed by atoms with Crippen LogP contribution in [0.25, 0.3) is 10.8 Å². The lowest BCUT2D eigenvalue weighted by atomic mass is 10.1. The van der Waals surface area contributed by atoms with Crippen LogP contribution < -0.4 is 5.32 Å². The monoisotopic (exact) mass is 327 g/mol. The van der Waals surface area contributed by atoms with Crippen LogP contribution in [0.15, 0.2) is 66.7 Å². The number of benzene rings is 3. The van der Waals surface area contributed by atoms with Crippen LogP contribution in [0.3, 0.4) is 0 Å². The highest BCUT2D eigenvalue weighted by Gasteiger charge is 2.30. The molecule has 0 aliphatic rings. The Hall–Kier alpha value is -2.13. The van der Waals surface area contributed by atoms with Gasteiger partial charge in [-0.15, -0.1) is 0 Å². The van der Waals surface area contributed by atoms with E-state index in [1.54, 1.807) is 12.1 Å². The van der Waals surface area contributed by atoms with Crippen LogP contribution in [0.4, 0.5) is 5.69 Å². The molecule has 0 saturated carbocycles. The van der Waals surface area contributed by atoms with Crippen LogP contribution in [0.2, 0.25) is 0 Å². The third kappa shape index (κ3) is 3.62. The van der Waals surface area contributed by atoms with Crippen molar-refractivity contribution in [2.75, 3.05) is 5.32 Å². The molecule has 0 spiro atoms. The standard InChI is InChI=1S/C18H18NO3P/c1-13-5-4-8-17(11-13)19-18(23(20,21)22)16-10-9-14-6-2-3-7-15(14)12-16/h2-12,18-19H,1H3,(H2,20,21,22)/t18-/m0/s1. The lowest BCUT2D eigenvalue weighted by Crippen LogP contribution is -2.11. The van der Waals surface area contributed by atoms with Gasteiger partial charge in [-0.25, -0.2) is 0 Å². The fourth-order valence-corrected chi connectivity index (χ4v) is 3.50. The maximum absolute atomic E-state index is 12.0. The Kier molecular flexibility index (Phi) is 4.22. The predicted molar refractivity (Wildman–Crippen MR) is 93.5 cm³/mol. The Labute approximate surface area is 135 Å². The van der Waals surface area contributed by atoms with Crippen LogP contribution in [0.5, 0.6) is 0 Å². The van der Waals surface area contributed by atoms with Gasteiger partial charge in [0.2, 0.25) is 0 Å². The molecule has 0 bridgehead atoms. The summed E-state index contributed by atoms with van der Waals surface area (Å²) in [7, 11) is -4.37. The van der Waals surface area contributed by atoms with Crippen molar-refractivity contribution in [3.63, 3.8) is 0 Å². The van der Waals surface area contributed by atoms with Gasteiger partial charge in [0.05, 0.1) is 0 Å². The quantitative estimate of drug-likeness (QED) is 0.620. The molecule has 0 heterocycles. The van der Waals surface area contributed by atoms with E-state index in [9.17, 15) is 14.4 Å². The molecule has 0 unspecified atom stereocenters. The Bertz CT molecular complexity index is 888. The van der Waals surface area contributed by atoms with Crippen molar-refractivity contribution in [1.29, 1.82) is 0 Å². The molecule has 0 aromatic heterocycles. The summed E-state index contributed by atoms with van der Waals surface area (Å²) in [6.07, 6.45) is 0. The van der Waals surface area contributed by atoms with Crippen molar-refractivity contribution >= 4 is 24.1 Å². The molecule has 3 aromatic rings. The molecule has 0 amide bonds. The number of hydrogen-bond acceptors (Lipinski definition) is 2. The first kappa shape index (κ1) is 15.8. The minimum Gasteiger partial charge on any atom is -0.368 e. The zero-order valence-electron chi connectivity index (χ0n) is 12.7. The van der Waals surface area contributed by atoms with Crippen molar-refractivity contribution in [3.8, 4) is 0 Å². The summed E-state index contributed by atoms with van der Waals surface area (Å²) >= 11 is 0. The van der Waals surface area contributed by atoms with E-state index in [2.05, 4.69) is 5.32 Å². The molecule has 5 heteroatoms. The molecule has 118 valence electrons. The van der Waals surface area contributed by atoms with Gasteiger partial charge in [-0.2, -0.15) is 0 Å². The zero-order valence-corrected chi connectivity index (χ0v) is 13.6. The zero-order chi connectivity index (χ0) is 16.4. The summed E-state index contributed by atoms with van der Waals surface area (Å²) in [5.41, 5.74) is 2.28. The Balaban J connectivity index is 2.02. The third-order valence-corrected chi connectivity index (χ3v) is 4.85. The van der Waals surface area contributed by atoms with Crippen LogP contribution in [-0.4, -0.2) is 9.79 Å². The summed E-state index contributed by atoms with van der Waals surface area (Å²) in [6, 6.07) is 20.7. The minimum absolute atomic E-state index is 0.568. The molecule has 0 saturated heterocycles. The smallest absolute Gasteiger partial charge is 0.352 e. The van der Waals surface area contributed by atoms with E-state index < -0.39 is 13.4 Å². The summed E-state index contributed by atoms with van der Waals surface area (Å²) in [5.74, 6) is -1.08. The summed E-state index contributed by atoms with van der Waals surface area (Å²) < 4.78 is 12.0. The van der Waals surface area contributed by atoms with E-state index in [4.69, 9.17) is 0 Å². The van der Waals surface area contributed by atoms with E-state index in [1.807, 2.05) is 61.5 Å². The summed E-state index contributed by atoms with van der Waals surface area (Å²) in [4.78, 5) is 19.6. The molecular formula is C18H18NO3P. The lowest BCUT2D eigenvalue weighted by molar-refractivity contribution is 0.363. The first-order chi connectivity index (χ1) is 10.9. The van der Waals surface area contributed by atoms with Crippen molar-refractivity contribution in [1.82, 2.24) is 0 Å². The van der Waals surface area contributed by atoms with Crippen molar-refractivity contribution in [3.05, 3.63) is 77.9 Å². The minimum atomic E-state index is -4.37. The molecule has 3 N–H and O–H groups in total. The third-order valence-electron chi connectivity index (χ3n) is 3.75. The highest BCUT2D eigenvalue weighted by molar-refractivity contribution is 7.52. The normalized spacial score (nSPS) is 13.0. The maximum Gasteiger partial charge on any atom is 0.352 e. The maximum atomic E-state index is 12.0. The number of nitrogens with one attached hydrogen (secondary N) is 1. The lowest BCUT2D eigenvalue weighted by Gasteiger charge is -2.22. The molecule has 3 aromatic carbocycles. The second-order valence-corrected chi connectivity index (χ2v) is 7.31. The van der Waals surface area contributed by atoms with Crippen LogP contribution >= 0.6 is 7.60 Å². The molecule has 0 radical (unpaired) electrons. The molecule has 0 fully saturated rings. The number of fused-ring (bicyclic) bond motifs is 1. The van der Waals surface area contributed by atoms with Crippen LogP contribution in [0.1, 0.15) is 16.9 Å². The average Bonchev–Trinajstić information content (AvgIpc) is 2.51.